The number of hydrogen-bond donors (Lipinski definition) is 1. The minimum absolute atomic E-state index is 0.0952. The third-order valence-electron chi connectivity index (χ3n) is 3.56. The van der Waals surface area contributed by atoms with Gasteiger partial charge in [0.05, 0.1) is 5.56 Å². The molecule has 1 fully saturated rings. The summed E-state index contributed by atoms with van der Waals surface area (Å²) in [4.78, 5) is 8.93. The number of pyridine rings is 1. The Bertz CT molecular complexity index is 808. The van der Waals surface area contributed by atoms with Gasteiger partial charge >= 0.3 is 0 Å². The Hall–Kier alpha value is -2.43. The number of aromatic nitrogens is 3. The van der Waals surface area contributed by atoms with Crippen molar-refractivity contribution < 1.29 is 9.50 Å². The van der Waals surface area contributed by atoms with Crippen molar-refractivity contribution >= 4 is 11.2 Å². The maximum atomic E-state index is 13.1. The van der Waals surface area contributed by atoms with Crippen LogP contribution >= 0.6 is 0 Å². The second-order valence-electron chi connectivity index (χ2n) is 5.04. The topological polar surface area (TPSA) is 50.9 Å². The number of phenolic OH excluding ortho intramolecular Hbond substituents is 1. The molecule has 0 atom stereocenters. The van der Waals surface area contributed by atoms with Gasteiger partial charge in [-0.3, -0.25) is 0 Å². The molecule has 2 heterocycles. The fourth-order valence-corrected chi connectivity index (χ4v) is 2.49. The van der Waals surface area contributed by atoms with Crippen molar-refractivity contribution in [2.24, 2.45) is 0 Å². The number of fused-ring (bicyclic) bond motifs is 1. The molecule has 3 aromatic rings. The maximum absolute atomic E-state index is 13.1. The summed E-state index contributed by atoms with van der Waals surface area (Å²) in [5.74, 6) is 0.0966. The number of nitrogens with zero attached hydrogens (tertiary/aromatic N) is 3. The first-order chi connectivity index (χ1) is 9.74. The van der Waals surface area contributed by atoms with E-state index >= 15 is 0 Å². The highest BCUT2D eigenvalue weighted by Crippen LogP contribution is 2.42. The van der Waals surface area contributed by atoms with Gasteiger partial charge in [-0.05, 0) is 37.1 Å². The van der Waals surface area contributed by atoms with Crippen LogP contribution in [-0.2, 0) is 0 Å². The molecule has 0 bridgehead atoms. The van der Waals surface area contributed by atoms with Gasteiger partial charge in [-0.1, -0.05) is 0 Å². The molecular weight excluding hydrogens is 257 g/mol. The van der Waals surface area contributed by atoms with Crippen LogP contribution in [0.4, 0.5) is 4.39 Å². The molecule has 0 unspecified atom stereocenters. The third kappa shape index (κ3) is 1.66. The van der Waals surface area contributed by atoms with Crippen molar-refractivity contribution in [2.45, 2.75) is 18.9 Å². The summed E-state index contributed by atoms with van der Waals surface area (Å²) in [6.07, 6.45) is 3.89. The summed E-state index contributed by atoms with van der Waals surface area (Å²) < 4.78 is 15.2. The molecule has 0 amide bonds. The number of rotatable bonds is 2. The van der Waals surface area contributed by atoms with Gasteiger partial charge in [0.1, 0.15) is 22.9 Å². The van der Waals surface area contributed by atoms with E-state index in [1.54, 1.807) is 12.3 Å². The van der Waals surface area contributed by atoms with E-state index in [-0.39, 0.29) is 5.75 Å². The zero-order valence-electron chi connectivity index (χ0n) is 10.6. The molecule has 100 valence electrons. The lowest BCUT2D eigenvalue weighted by molar-refractivity contribution is 0.470. The van der Waals surface area contributed by atoms with E-state index in [9.17, 15) is 9.50 Å². The number of imidazole rings is 1. The Morgan fingerprint density at radius 3 is 2.85 bits per heavy atom. The standard InChI is InChI=1S/C15H12FN3O/c16-9-3-6-11(13(20)8-9)14-18-12-2-1-7-17-15(12)19(14)10-4-5-10/h1-3,6-8,10,20H,4-5H2. The molecule has 2 aromatic heterocycles. The van der Waals surface area contributed by atoms with Crippen LogP contribution in [0, 0.1) is 5.82 Å². The molecule has 0 spiro atoms. The summed E-state index contributed by atoms with van der Waals surface area (Å²) in [5, 5.41) is 9.98. The van der Waals surface area contributed by atoms with E-state index < -0.39 is 5.82 Å². The average Bonchev–Trinajstić information content (AvgIpc) is 3.19. The highest BCUT2D eigenvalue weighted by atomic mass is 19.1. The highest BCUT2D eigenvalue weighted by Gasteiger charge is 2.30. The zero-order chi connectivity index (χ0) is 13.7. The Morgan fingerprint density at radius 1 is 1.25 bits per heavy atom. The van der Waals surface area contributed by atoms with Crippen molar-refractivity contribution in [3.63, 3.8) is 0 Å². The third-order valence-corrected chi connectivity index (χ3v) is 3.56. The lowest BCUT2D eigenvalue weighted by atomic mass is 10.2. The van der Waals surface area contributed by atoms with Gasteiger partial charge in [-0.25, -0.2) is 14.4 Å². The van der Waals surface area contributed by atoms with Crippen LogP contribution in [0.3, 0.4) is 0 Å². The van der Waals surface area contributed by atoms with E-state index in [0.29, 0.717) is 17.4 Å². The van der Waals surface area contributed by atoms with Crippen LogP contribution in [0.2, 0.25) is 0 Å². The molecule has 1 saturated carbocycles. The van der Waals surface area contributed by atoms with Crippen LogP contribution in [-0.4, -0.2) is 19.6 Å². The van der Waals surface area contributed by atoms with Crippen molar-refractivity contribution in [3.8, 4) is 17.1 Å². The number of hydrogen-bond acceptors (Lipinski definition) is 3. The minimum atomic E-state index is -0.460. The monoisotopic (exact) mass is 269 g/mol. The molecule has 1 N–H and O–H groups in total. The molecule has 1 aliphatic rings. The Kier molecular flexibility index (Phi) is 2.30. The summed E-state index contributed by atoms with van der Waals surface area (Å²) in [5.41, 5.74) is 2.14. The predicted octanol–water partition coefficient (Wildman–Crippen LogP) is 3.28. The SMILES string of the molecule is Oc1cc(F)ccc1-c1nc2cccnc2n1C1CC1. The van der Waals surface area contributed by atoms with Crippen LogP contribution in [0.1, 0.15) is 18.9 Å². The van der Waals surface area contributed by atoms with Crippen LogP contribution in [0.25, 0.3) is 22.6 Å². The molecule has 4 rings (SSSR count). The number of benzene rings is 1. The van der Waals surface area contributed by atoms with Gasteiger partial charge in [0, 0.05) is 18.3 Å². The molecule has 0 radical (unpaired) electrons. The Balaban J connectivity index is 2.01. The second kappa shape index (κ2) is 4.03. The van der Waals surface area contributed by atoms with Gasteiger partial charge in [-0.2, -0.15) is 0 Å². The quantitative estimate of drug-likeness (QED) is 0.776. The average molecular weight is 269 g/mol. The van der Waals surface area contributed by atoms with Crippen molar-refractivity contribution in [1.82, 2.24) is 14.5 Å². The van der Waals surface area contributed by atoms with E-state index in [0.717, 1.165) is 30.1 Å². The lowest BCUT2D eigenvalue weighted by Gasteiger charge is -2.08. The van der Waals surface area contributed by atoms with E-state index in [1.807, 2.05) is 16.7 Å². The van der Waals surface area contributed by atoms with Gasteiger partial charge in [0.2, 0.25) is 0 Å². The predicted molar refractivity (Wildman–Crippen MR) is 72.9 cm³/mol. The Labute approximate surface area is 114 Å². The van der Waals surface area contributed by atoms with Crippen molar-refractivity contribution in [3.05, 3.63) is 42.3 Å². The normalized spacial score (nSPS) is 14.8. The molecule has 0 saturated heterocycles. The van der Waals surface area contributed by atoms with E-state index in [1.165, 1.54) is 6.07 Å². The smallest absolute Gasteiger partial charge is 0.160 e. The molecule has 1 aromatic carbocycles. The minimum Gasteiger partial charge on any atom is -0.507 e. The molecular formula is C15H12FN3O. The number of phenols is 1. The van der Waals surface area contributed by atoms with E-state index in [4.69, 9.17) is 0 Å². The van der Waals surface area contributed by atoms with Gasteiger partial charge in [0.15, 0.2) is 5.65 Å². The fraction of sp³-hybridized carbons (Fsp3) is 0.200. The number of aromatic hydroxyl groups is 1. The van der Waals surface area contributed by atoms with Gasteiger partial charge in [0.25, 0.3) is 0 Å². The molecule has 0 aliphatic heterocycles. The first-order valence-corrected chi connectivity index (χ1v) is 6.56. The van der Waals surface area contributed by atoms with Gasteiger partial charge in [-0.15, -0.1) is 0 Å². The summed E-state index contributed by atoms with van der Waals surface area (Å²) in [7, 11) is 0. The Morgan fingerprint density at radius 2 is 2.10 bits per heavy atom. The molecule has 20 heavy (non-hydrogen) atoms. The molecule has 5 heteroatoms. The lowest BCUT2D eigenvalue weighted by Crippen LogP contribution is -1.98. The van der Waals surface area contributed by atoms with E-state index in [2.05, 4.69) is 9.97 Å². The van der Waals surface area contributed by atoms with Crippen LogP contribution in [0.15, 0.2) is 36.5 Å². The summed E-state index contributed by atoms with van der Waals surface area (Å²) in [6.45, 7) is 0. The van der Waals surface area contributed by atoms with Crippen LogP contribution in [0.5, 0.6) is 5.75 Å². The van der Waals surface area contributed by atoms with Crippen LogP contribution < -0.4 is 0 Å². The first kappa shape index (κ1) is 11.4. The number of halogens is 1. The molecule has 4 nitrogen and oxygen atoms in total. The second-order valence-corrected chi connectivity index (χ2v) is 5.04. The highest BCUT2D eigenvalue weighted by molar-refractivity contribution is 5.79. The van der Waals surface area contributed by atoms with Crippen molar-refractivity contribution in [2.75, 3.05) is 0 Å². The molecule has 1 aliphatic carbocycles. The maximum Gasteiger partial charge on any atom is 0.160 e. The fourth-order valence-electron chi connectivity index (χ4n) is 2.49. The zero-order valence-corrected chi connectivity index (χ0v) is 10.6. The first-order valence-electron chi connectivity index (χ1n) is 6.56. The summed E-state index contributed by atoms with van der Waals surface area (Å²) in [6, 6.07) is 8.10. The van der Waals surface area contributed by atoms with Gasteiger partial charge < -0.3 is 9.67 Å². The summed E-state index contributed by atoms with van der Waals surface area (Å²) >= 11 is 0. The van der Waals surface area contributed by atoms with Crippen molar-refractivity contribution in [1.29, 1.82) is 0 Å². The largest absolute Gasteiger partial charge is 0.507 e.